The zero-order valence-corrected chi connectivity index (χ0v) is 15.2. The van der Waals surface area contributed by atoms with Crippen LogP contribution in [-0.2, 0) is 16.1 Å². The van der Waals surface area contributed by atoms with Crippen LogP contribution in [0.5, 0.6) is 11.5 Å². The lowest BCUT2D eigenvalue weighted by Crippen LogP contribution is -2.22. The molecule has 4 rings (SSSR count). The standard InChI is InChI=1S/C18H12F2N2O5S/c1-25-15(23)7-22-11-5-12-13(27-8-26-12)6-14(11)28-18(22)21-17(24)16-9(19)3-2-4-10(16)20/h2-6H,7-8H2,1H3. The Bertz CT molecular complexity index is 1160. The summed E-state index contributed by atoms with van der Waals surface area (Å²) in [6.07, 6.45) is 0. The van der Waals surface area contributed by atoms with E-state index in [1.807, 2.05) is 0 Å². The summed E-state index contributed by atoms with van der Waals surface area (Å²) < 4.78 is 45.2. The molecule has 0 unspecified atom stereocenters. The molecule has 0 bridgehead atoms. The Morgan fingerprint density at radius 2 is 1.89 bits per heavy atom. The third kappa shape index (κ3) is 3.11. The normalized spacial score (nSPS) is 13.2. The molecule has 1 amide bonds. The average Bonchev–Trinajstić information content (AvgIpc) is 3.24. The van der Waals surface area contributed by atoms with Crippen molar-refractivity contribution in [3.05, 3.63) is 52.3 Å². The van der Waals surface area contributed by atoms with Crippen molar-refractivity contribution in [2.45, 2.75) is 6.54 Å². The van der Waals surface area contributed by atoms with Crippen molar-refractivity contribution in [3.63, 3.8) is 0 Å². The molecule has 0 atom stereocenters. The maximum atomic E-state index is 13.9. The van der Waals surface area contributed by atoms with Crippen molar-refractivity contribution in [1.82, 2.24) is 4.57 Å². The Labute approximate surface area is 160 Å². The van der Waals surface area contributed by atoms with Crippen LogP contribution in [0.15, 0.2) is 35.3 Å². The number of carbonyl (C=O) groups is 2. The number of nitrogens with zero attached hydrogens (tertiary/aromatic N) is 2. The number of rotatable bonds is 3. The summed E-state index contributed by atoms with van der Waals surface area (Å²) in [6, 6.07) is 6.42. The van der Waals surface area contributed by atoms with Gasteiger partial charge in [0, 0.05) is 12.1 Å². The van der Waals surface area contributed by atoms with Crippen LogP contribution in [0.1, 0.15) is 10.4 Å². The molecule has 0 aliphatic carbocycles. The molecular weight excluding hydrogens is 394 g/mol. The van der Waals surface area contributed by atoms with Gasteiger partial charge in [0.1, 0.15) is 23.7 Å². The summed E-state index contributed by atoms with van der Waals surface area (Å²) in [5.74, 6) is -2.73. The Kier molecular flexibility index (Phi) is 4.55. The molecule has 28 heavy (non-hydrogen) atoms. The molecule has 1 aliphatic rings. The lowest BCUT2D eigenvalue weighted by atomic mass is 10.2. The lowest BCUT2D eigenvalue weighted by molar-refractivity contribution is -0.141. The van der Waals surface area contributed by atoms with Crippen LogP contribution in [0.3, 0.4) is 0 Å². The third-order valence-electron chi connectivity index (χ3n) is 4.07. The smallest absolute Gasteiger partial charge is 0.325 e. The van der Waals surface area contributed by atoms with Crippen LogP contribution >= 0.6 is 11.3 Å². The first-order chi connectivity index (χ1) is 13.5. The molecule has 0 spiro atoms. The molecule has 0 saturated heterocycles. The summed E-state index contributed by atoms with van der Waals surface area (Å²) in [5.41, 5.74) is -0.223. The van der Waals surface area contributed by atoms with Gasteiger partial charge in [0.25, 0.3) is 5.91 Å². The van der Waals surface area contributed by atoms with E-state index in [0.717, 1.165) is 29.5 Å². The molecule has 0 N–H and O–H groups in total. The summed E-state index contributed by atoms with van der Waals surface area (Å²) >= 11 is 1.06. The van der Waals surface area contributed by atoms with Crippen molar-refractivity contribution in [1.29, 1.82) is 0 Å². The average molecular weight is 406 g/mol. The second kappa shape index (κ2) is 7.04. The highest BCUT2D eigenvalue weighted by Crippen LogP contribution is 2.37. The van der Waals surface area contributed by atoms with Crippen LogP contribution in [-0.4, -0.2) is 30.3 Å². The Morgan fingerprint density at radius 1 is 1.21 bits per heavy atom. The van der Waals surface area contributed by atoms with Crippen molar-refractivity contribution in [2.24, 2.45) is 4.99 Å². The third-order valence-corrected chi connectivity index (χ3v) is 5.11. The number of aromatic nitrogens is 1. The molecule has 0 saturated carbocycles. The summed E-state index contributed by atoms with van der Waals surface area (Å²) in [4.78, 5) is 28.2. The number of esters is 1. The largest absolute Gasteiger partial charge is 0.468 e. The summed E-state index contributed by atoms with van der Waals surface area (Å²) in [6.45, 7) is -0.173. The van der Waals surface area contributed by atoms with E-state index in [9.17, 15) is 18.4 Å². The van der Waals surface area contributed by atoms with Gasteiger partial charge in [-0.05, 0) is 12.1 Å². The van der Waals surface area contributed by atoms with Gasteiger partial charge in [-0.3, -0.25) is 9.59 Å². The van der Waals surface area contributed by atoms with Gasteiger partial charge in [0.05, 0.1) is 17.3 Å². The van der Waals surface area contributed by atoms with Gasteiger partial charge in [-0.15, -0.1) is 0 Å². The zero-order valence-electron chi connectivity index (χ0n) is 14.4. The summed E-state index contributed by atoms with van der Waals surface area (Å²) in [5, 5.41) is 0. The Morgan fingerprint density at radius 3 is 2.57 bits per heavy atom. The maximum Gasteiger partial charge on any atom is 0.325 e. The van der Waals surface area contributed by atoms with Gasteiger partial charge in [0.2, 0.25) is 6.79 Å². The molecule has 0 fully saturated rings. The number of thiazole rings is 1. The van der Waals surface area contributed by atoms with Crippen molar-refractivity contribution in [2.75, 3.05) is 13.9 Å². The number of benzene rings is 2. The van der Waals surface area contributed by atoms with Crippen LogP contribution in [0.4, 0.5) is 8.78 Å². The number of amides is 1. The van der Waals surface area contributed by atoms with E-state index in [0.29, 0.717) is 21.7 Å². The topological polar surface area (TPSA) is 79.1 Å². The number of ether oxygens (including phenoxy) is 3. The number of hydrogen-bond acceptors (Lipinski definition) is 6. The quantitative estimate of drug-likeness (QED) is 0.625. The first kappa shape index (κ1) is 18.1. The fraction of sp³-hybridized carbons (Fsp3) is 0.167. The monoisotopic (exact) mass is 406 g/mol. The van der Waals surface area contributed by atoms with Crippen LogP contribution in [0.25, 0.3) is 10.2 Å². The Hall–Kier alpha value is -3.27. The number of fused-ring (bicyclic) bond motifs is 2. The summed E-state index contributed by atoms with van der Waals surface area (Å²) in [7, 11) is 1.22. The van der Waals surface area contributed by atoms with E-state index in [4.69, 9.17) is 14.2 Å². The van der Waals surface area contributed by atoms with E-state index >= 15 is 0 Å². The number of hydrogen-bond donors (Lipinski definition) is 0. The highest BCUT2D eigenvalue weighted by atomic mass is 32.1. The minimum atomic E-state index is -1.10. The predicted molar refractivity (Wildman–Crippen MR) is 94.2 cm³/mol. The van der Waals surface area contributed by atoms with Crippen molar-refractivity contribution in [3.8, 4) is 11.5 Å². The fourth-order valence-corrected chi connectivity index (χ4v) is 3.77. The minimum absolute atomic E-state index is 0.0753. The van der Waals surface area contributed by atoms with Gasteiger partial charge in [-0.2, -0.15) is 4.99 Å². The number of methoxy groups -OCH3 is 1. The molecule has 1 aromatic heterocycles. The van der Waals surface area contributed by atoms with Gasteiger partial charge < -0.3 is 18.8 Å². The first-order valence-electron chi connectivity index (χ1n) is 8.01. The number of carbonyl (C=O) groups excluding carboxylic acids is 2. The lowest BCUT2D eigenvalue weighted by Gasteiger charge is -2.04. The SMILES string of the molecule is COC(=O)Cn1c(=NC(=O)c2c(F)cccc2F)sc2cc3c(cc21)OCO3. The van der Waals surface area contributed by atoms with Gasteiger partial charge in [-0.25, -0.2) is 8.78 Å². The van der Waals surface area contributed by atoms with E-state index in [1.165, 1.54) is 11.7 Å². The van der Waals surface area contributed by atoms with Crippen molar-refractivity contribution >= 4 is 33.4 Å². The molecule has 2 aromatic carbocycles. The van der Waals surface area contributed by atoms with E-state index in [2.05, 4.69) is 4.99 Å². The molecule has 0 radical (unpaired) electrons. The van der Waals surface area contributed by atoms with Crippen LogP contribution < -0.4 is 14.3 Å². The second-order valence-corrected chi connectivity index (χ2v) is 6.74. The first-order valence-corrected chi connectivity index (χ1v) is 8.82. The van der Waals surface area contributed by atoms with E-state index < -0.39 is 29.1 Å². The second-order valence-electron chi connectivity index (χ2n) is 5.73. The molecular formula is C18H12F2N2O5S. The van der Waals surface area contributed by atoms with Gasteiger partial charge in [0.15, 0.2) is 16.3 Å². The number of halogens is 2. The predicted octanol–water partition coefficient (Wildman–Crippen LogP) is 2.62. The molecule has 7 nitrogen and oxygen atoms in total. The maximum absolute atomic E-state index is 13.9. The Balaban J connectivity index is 1.90. The molecule has 10 heteroatoms. The molecule has 144 valence electrons. The van der Waals surface area contributed by atoms with E-state index in [-0.39, 0.29) is 18.1 Å². The minimum Gasteiger partial charge on any atom is -0.468 e. The molecule has 1 aliphatic heterocycles. The van der Waals surface area contributed by atoms with E-state index in [1.54, 1.807) is 12.1 Å². The van der Waals surface area contributed by atoms with Crippen molar-refractivity contribution < 1.29 is 32.6 Å². The van der Waals surface area contributed by atoms with Crippen LogP contribution in [0, 0.1) is 11.6 Å². The van der Waals surface area contributed by atoms with Crippen LogP contribution in [0.2, 0.25) is 0 Å². The van der Waals surface area contributed by atoms with Gasteiger partial charge >= 0.3 is 5.97 Å². The zero-order chi connectivity index (χ0) is 19.8. The highest BCUT2D eigenvalue weighted by Gasteiger charge is 2.21. The highest BCUT2D eigenvalue weighted by molar-refractivity contribution is 7.16. The molecule has 2 heterocycles. The fourth-order valence-electron chi connectivity index (χ4n) is 2.74. The van der Waals surface area contributed by atoms with Gasteiger partial charge in [-0.1, -0.05) is 17.4 Å². The molecule has 3 aromatic rings.